The summed E-state index contributed by atoms with van der Waals surface area (Å²) in [6.45, 7) is 6.49. The van der Waals surface area contributed by atoms with E-state index in [9.17, 15) is 15.2 Å². The molecule has 0 unspecified atom stereocenters. The molecule has 164 valence electrons. The molecule has 4 rings (SSSR count). The van der Waals surface area contributed by atoms with Crippen LogP contribution in [0.4, 0.5) is 17.1 Å². The number of nitrogens with one attached hydrogen (secondary N) is 1. The third kappa shape index (κ3) is 4.19. The van der Waals surface area contributed by atoms with Crippen molar-refractivity contribution in [1.82, 2.24) is 0 Å². The fraction of sp³-hybridized carbons (Fsp3) is 0.308. The number of nitrogens with zero attached hydrogens (tertiary/aromatic N) is 2. The molecule has 0 aromatic heterocycles. The maximum absolute atomic E-state index is 11.7. The standard InChI is InChI=1S/C26H27N3O3/c1-3-5-9-29(10-6-4-2)20-8-7-18-14-22-23(15-19(18)13-20)32-24-12-17(16-27)11-21(26(30)31)25(24)28-22/h7-8,11-15,28H,3-6,9-10H2,1-2H3,(H,30,31). The van der Waals surface area contributed by atoms with Crippen LogP contribution in [-0.2, 0) is 0 Å². The molecule has 1 aliphatic heterocycles. The molecule has 0 spiro atoms. The number of anilines is 3. The molecule has 2 N–H and O–H groups in total. The fourth-order valence-electron chi connectivity index (χ4n) is 4.02. The predicted octanol–water partition coefficient (Wildman–Crippen LogP) is 6.67. The van der Waals surface area contributed by atoms with Gasteiger partial charge < -0.3 is 20.1 Å². The lowest BCUT2D eigenvalue weighted by molar-refractivity contribution is 0.0697. The van der Waals surface area contributed by atoms with Gasteiger partial charge in [-0.25, -0.2) is 4.79 Å². The van der Waals surface area contributed by atoms with Gasteiger partial charge in [0.1, 0.15) is 0 Å². The molecule has 0 bridgehead atoms. The number of unbranched alkanes of at least 4 members (excludes halogenated alkanes) is 2. The maximum atomic E-state index is 11.7. The quantitative estimate of drug-likeness (QED) is 0.325. The number of hydrogen-bond donors (Lipinski definition) is 2. The molecule has 0 atom stereocenters. The summed E-state index contributed by atoms with van der Waals surface area (Å²) < 4.78 is 6.06. The van der Waals surface area contributed by atoms with E-state index in [4.69, 9.17) is 4.74 Å². The summed E-state index contributed by atoms with van der Waals surface area (Å²) in [5, 5.41) is 24.1. The van der Waals surface area contributed by atoms with E-state index in [2.05, 4.69) is 42.3 Å². The molecule has 1 aliphatic rings. The second-order valence-electron chi connectivity index (χ2n) is 8.11. The highest BCUT2D eigenvalue weighted by molar-refractivity contribution is 6.00. The minimum atomic E-state index is -1.11. The van der Waals surface area contributed by atoms with Crippen molar-refractivity contribution in [3.05, 3.63) is 53.6 Å². The molecule has 1 heterocycles. The van der Waals surface area contributed by atoms with Crippen LogP contribution in [0.1, 0.15) is 55.5 Å². The first-order valence-electron chi connectivity index (χ1n) is 11.1. The summed E-state index contributed by atoms with van der Waals surface area (Å²) in [5.41, 5.74) is 2.53. The monoisotopic (exact) mass is 429 g/mol. The van der Waals surface area contributed by atoms with Crippen molar-refractivity contribution in [3.8, 4) is 17.6 Å². The van der Waals surface area contributed by atoms with Crippen LogP contribution >= 0.6 is 0 Å². The summed E-state index contributed by atoms with van der Waals surface area (Å²) in [6, 6.07) is 15.3. The summed E-state index contributed by atoms with van der Waals surface area (Å²) in [7, 11) is 0. The number of hydrogen-bond acceptors (Lipinski definition) is 5. The zero-order valence-electron chi connectivity index (χ0n) is 18.4. The van der Waals surface area contributed by atoms with Crippen molar-refractivity contribution in [2.45, 2.75) is 39.5 Å². The first-order valence-corrected chi connectivity index (χ1v) is 11.1. The molecular formula is C26H27N3O3. The Kier molecular flexibility index (Phi) is 6.18. The number of carbonyl (C=O) groups is 1. The Hall–Kier alpha value is -3.72. The smallest absolute Gasteiger partial charge is 0.338 e. The van der Waals surface area contributed by atoms with Gasteiger partial charge in [-0.05, 0) is 53.9 Å². The van der Waals surface area contributed by atoms with E-state index >= 15 is 0 Å². The van der Waals surface area contributed by atoms with E-state index in [1.54, 1.807) is 6.07 Å². The van der Waals surface area contributed by atoms with Crippen LogP contribution < -0.4 is 15.0 Å². The van der Waals surface area contributed by atoms with Gasteiger partial charge in [0, 0.05) is 24.8 Å². The van der Waals surface area contributed by atoms with E-state index < -0.39 is 5.97 Å². The van der Waals surface area contributed by atoms with E-state index in [1.165, 1.54) is 11.8 Å². The number of carboxylic acids is 1. The van der Waals surface area contributed by atoms with Crippen molar-refractivity contribution in [3.63, 3.8) is 0 Å². The van der Waals surface area contributed by atoms with Crippen molar-refractivity contribution >= 4 is 33.8 Å². The van der Waals surface area contributed by atoms with Crippen LogP contribution in [0.15, 0.2) is 42.5 Å². The highest BCUT2D eigenvalue weighted by Crippen LogP contribution is 2.46. The van der Waals surface area contributed by atoms with Crippen LogP contribution in [0.5, 0.6) is 11.5 Å². The first-order chi connectivity index (χ1) is 15.5. The molecule has 0 amide bonds. The normalized spacial score (nSPS) is 11.7. The largest absolute Gasteiger partial charge is 0.478 e. The molecule has 0 fully saturated rings. The van der Waals surface area contributed by atoms with E-state index in [-0.39, 0.29) is 11.1 Å². The Labute approximate surface area is 188 Å². The van der Waals surface area contributed by atoms with Crippen molar-refractivity contribution in [2.75, 3.05) is 23.3 Å². The topological polar surface area (TPSA) is 85.6 Å². The van der Waals surface area contributed by atoms with Crippen LogP contribution in [0.25, 0.3) is 10.8 Å². The van der Waals surface area contributed by atoms with Crippen molar-refractivity contribution in [1.29, 1.82) is 5.26 Å². The van der Waals surface area contributed by atoms with E-state index in [0.29, 0.717) is 22.9 Å². The molecule has 0 saturated carbocycles. The highest BCUT2D eigenvalue weighted by Gasteiger charge is 2.24. The Bertz CT molecular complexity index is 1210. The summed E-state index contributed by atoms with van der Waals surface area (Å²) in [5.74, 6) is -0.151. The van der Waals surface area contributed by atoms with Gasteiger partial charge in [-0.15, -0.1) is 0 Å². The Morgan fingerprint density at radius 3 is 2.44 bits per heavy atom. The molecule has 0 radical (unpaired) electrons. The van der Waals surface area contributed by atoms with Gasteiger partial charge >= 0.3 is 5.97 Å². The number of carboxylic acid groups (broad SMARTS) is 1. The Morgan fingerprint density at radius 1 is 1.03 bits per heavy atom. The van der Waals surface area contributed by atoms with Crippen LogP contribution in [0.3, 0.4) is 0 Å². The van der Waals surface area contributed by atoms with Gasteiger partial charge in [-0.1, -0.05) is 32.8 Å². The number of rotatable bonds is 8. The molecular weight excluding hydrogens is 402 g/mol. The molecule has 6 nitrogen and oxygen atoms in total. The summed E-state index contributed by atoms with van der Waals surface area (Å²) >= 11 is 0. The predicted molar refractivity (Wildman–Crippen MR) is 127 cm³/mol. The average Bonchev–Trinajstić information content (AvgIpc) is 2.80. The molecule has 0 saturated heterocycles. The second kappa shape index (κ2) is 9.19. The SMILES string of the molecule is CCCCN(CCCC)c1ccc2cc3c(cc2c1)Oc1cc(C#N)cc(C(=O)O)c1N3. The zero-order valence-corrected chi connectivity index (χ0v) is 18.4. The van der Waals surface area contributed by atoms with Gasteiger partial charge in [0.15, 0.2) is 11.5 Å². The highest BCUT2D eigenvalue weighted by atomic mass is 16.5. The van der Waals surface area contributed by atoms with Crippen LogP contribution in [0, 0.1) is 11.3 Å². The van der Waals surface area contributed by atoms with Crippen LogP contribution in [0.2, 0.25) is 0 Å². The Balaban J connectivity index is 1.72. The van der Waals surface area contributed by atoms with E-state index in [0.717, 1.165) is 49.5 Å². The van der Waals surface area contributed by atoms with Gasteiger partial charge in [0.05, 0.1) is 28.6 Å². The van der Waals surface area contributed by atoms with Gasteiger partial charge in [0.2, 0.25) is 0 Å². The molecule has 3 aromatic carbocycles. The number of benzene rings is 3. The third-order valence-electron chi connectivity index (χ3n) is 5.79. The number of fused-ring (bicyclic) bond motifs is 3. The minimum Gasteiger partial charge on any atom is -0.478 e. The number of aromatic carboxylic acids is 1. The molecule has 32 heavy (non-hydrogen) atoms. The van der Waals surface area contributed by atoms with E-state index in [1.807, 2.05) is 18.2 Å². The van der Waals surface area contributed by atoms with Gasteiger partial charge in [-0.2, -0.15) is 5.26 Å². The fourth-order valence-corrected chi connectivity index (χ4v) is 4.02. The maximum Gasteiger partial charge on any atom is 0.338 e. The lowest BCUT2D eigenvalue weighted by atomic mass is 10.0. The minimum absolute atomic E-state index is 0.0163. The zero-order chi connectivity index (χ0) is 22.7. The summed E-state index contributed by atoms with van der Waals surface area (Å²) in [6.07, 6.45) is 4.63. The number of ether oxygens (including phenoxy) is 1. The van der Waals surface area contributed by atoms with Crippen molar-refractivity contribution < 1.29 is 14.6 Å². The first kappa shape index (κ1) is 21.5. The third-order valence-corrected chi connectivity index (χ3v) is 5.79. The number of nitriles is 1. The average molecular weight is 430 g/mol. The van der Waals surface area contributed by atoms with Gasteiger partial charge in [0.25, 0.3) is 0 Å². The van der Waals surface area contributed by atoms with Gasteiger partial charge in [-0.3, -0.25) is 0 Å². The lowest BCUT2D eigenvalue weighted by Gasteiger charge is -2.26. The Morgan fingerprint density at radius 2 is 1.78 bits per heavy atom. The van der Waals surface area contributed by atoms with Crippen molar-refractivity contribution in [2.24, 2.45) is 0 Å². The molecule has 3 aromatic rings. The summed E-state index contributed by atoms with van der Waals surface area (Å²) in [4.78, 5) is 14.2. The molecule has 0 aliphatic carbocycles. The lowest BCUT2D eigenvalue weighted by Crippen LogP contribution is -2.25. The molecule has 6 heteroatoms. The second-order valence-corrected chi connectivity index (χ2v) is 8.11. The van der Waals surface area contributed by atoms with Crippen LogP contribution in [-0.4, -0.2) is 24.2 Å².